The first-order valence-electron chi connectivity index (χ1n) is 10.8. The van der Waals surface area contributed by atoms with Crippen LogP contribution >= 0.6 is 0 Å². The fraction of sp³-hybridized carbons (Fsp3) is 0.476. The van der Waals surface area contributed by atoms with Gasteiger partial charge in [0.1, 0.15) is 16.9 Å². The number of hydrogen-bond acceptors (Lipinski definition) is 6. The van der Waals surface area contributed by atoms with E-state index in [9.17, 15) is 22.4 Å². The summed E-state index contributed by atoms with van der Waals surface area (Å²) in [5.74, 6) is -0.673. The molecule has 1 atom stereocenters. The zero-order valence-electron chi connectivity index (χ0n) is 19.6. The van der Waals surface area contributed by atoms with Gasteiger partial charge in [0, 0.05) is 12.7 Å². The van der Waals surface area contributed by atoms with Crippen LogP contribution in [-0.2, 0) is 16.4 Å². The number of carbonyl (C=O) groups excluding carboxylic acids is 1. The summed E-state index contributed by atoms with van der Waals surface area (Å²) in [4.78, 5) is 26.0. The van der Waals surface area contributed by atoms with E-state index in [-0.39, 0.29) is 23.2 Å². The number of amides is 3. The molecule has 13 heteroatoms. The first kappa shape index (κ1) is 25.3. The topological polar surface area (TPSA) is 146 Å². The number of urea groups is 1. The molecule has 34 heavy (non-hydrogen) atoms. The number of nitrogens with zero attached hydrogens (tertiary/aromatic N) is 3. The summed E-state index contributed by atoms with van der Waals surface area (Å²) < 4.78 is 42.1. The molecule has 1 aliphatic heterocycles. The number of nitrogens with one attached hydrogen (secondary N) is 3. The predicted molar refractivity (Wildman–Crippen MR) is 123 cm³/mol. The van der Waals surface area contributed by atoms with Crippen LogP contribution in [0.15, 0.2) is 23.2 Å². The van der Waals surface area contributed by atoms with Gasteiger partial charge in [-0.1, -0.05) is 27.7 Å². The number of hydrogen-bond donors (Lipinski definition) is 4. The first-order valence-corrected chi connectivity index (χ1v) is 12.3. The van der Waals surface area contributed by atoms with E-state index < -0.39 is 34.1 Å². The summed E-state index contributed by atoms with van der Waals surface area (Å²) in [5.41, 5.74) is 4.60. The Labute approximate surface area is 197 Å². The molecule has 0 bridgehead atoms. The fourth-order valence-corrected chi connectivity index (χ4v) is 4.93. The summed E-state index contributed by atoms with van der Waals surface area (Å²) >= 11 is 0. The van der Waals surface area contributed by atoms with E-state index in [1.54, 1.807) is 0 Å². The molecule has 1 aromatic heterocycles. The average molecular weight is 497 g/mol. The smallest absolute Gasteiger partial charge is 0.408 e. The predicted octanol–water partition coefficient (Wildman–Crippen LogP) is 3.21. The molecular weight excluding hydrogens is 467 g/mol. The Bertz CT molecular complexity index is 1180. The van der Waals surface area contributed by atoms with Crippen molar-refractivity contribution in [3.8, 4) is 0 Å². The van der Waals surface area contributed by atoms with Crippen LogP contribution in [0.1, 0.15) is 62.8 Å². The number of aromatic nitrogens is 2. The Morgan fingerprint density at radius 2 is 1.82 bits per heavy atom. The minimum absolute atomic E-state index is 0.120. The van der Waals surface area contributed by atoms with Crippen molar-refractivity contribution >= 4 is 27.8 Å². The Morgan fingerprint density at radius 1 is 1.24 bits per heavy atom. The average Bonchev–Trinajstić information content (AvgIpc) is 3.17. The molecule has 0 saturated heterocycles. The normalized spacial score (nSPS) is 15.6. The highest BCUT2D eigenvalue weighted by molar-refractivity contribution is 7.90. The van der Waals surface area contributed by atoms with Crippen LogP contribution in [0.2, 0.25) is 0 Å². The highest BCUT2D eigenvalue weighted by atomic mass is 32.2. The van der Waals surface area contributed by atoms with Crippen LogP contribution in [0.5, 0.6) is 0 Å². The van der Waals surface area contributed by atoms with E-state index in [1.807, 2.05) is 32.4 Å². The van der Waals surface area contributed by atoms with Crippen LogP contribution in [0.3, 0.4) is 0 Å². The van der Waals surface area contributed by atoms with E-state index in [1.165, 1.54) is 24.0 Å². The van der Waals surface area contributed by atoms with Crippen molar-refractivity contribution < 1.29 is 27.5 Å². The molecule has 11 nitrogen and oxygen atoms in total. The Balaban J connectivity index is 1.83. The summed E-state index contributed by atoms with van der Waals surface area (Å²) in [6.45, 7) is 7.39. The van der Waals surface area contributed by atoms with Gasteiger partial charge in [0.05, 0.1) is 11.9 Å². The minimum Gasteiger partial charge on any atom is -0.465 e. The third-order valence-electron chi connectivity index (χ3n) is 5.69. The minimum atomic E-state index is -4.30. The molecule has 3 rings (SSSR count). The molecule has 1 aliphatic rings. The molecule has 1 aromatic carbocycles. The Hall–Kier alpha value is -3.35. The van der Waals surface area contributed by atoms with Crippen molar-refractivity contribution in [1.82, 2.24) is 19.5 Å². The second-order valence-corrected chi connectivity index (χ2v) is 10.4. The maximum absolute atomic E-state index is 14.1. The van der Waals surface area contributed by atoms with E-state index in [2.05, 4.69) is 15.8 Å². The van der Waals surface area contributed by atoms with Crippen molar-refractivity contribution in [2.75, 3.05) is 17.8 Å². The lowest BCUT2D eigenvalue weighted by Crippen LogP contribution is -2.48. The number of halogens is 1. The van der Waals surface area contributed by atoms with Crippen molar-refractivity contribution in [1.29, 1.82) is 0 Å². The Morgan fingerprint density at radius 3 is 2.35 bits per heavy atom. The molecular formula is C21H29FN6O5S. The molecule has 2 aromatic rings. The second kappa shape index (κ2) is 9.49. The molecule has 0 fully saturated rings. The van der Waals surface area contributed by atoms with Crippen LogP contribution in [-0.4, -0.2) is 53.7 Å². The number of fused-ring (bicyclic) bond motifs is 1. The number of benzene rings is 1. The molecule has 0 aliphatic carbocycles. The third-order valence-corrected chi connectivity index (χ3v) is 7.06. The van der Waals surface area contributed by atoms with Crippen LogP contribution in [0.25, 0.3) is 0 Å². The lowest BCUT2D eigenvalue weighted by Gasteiger charge is -2.31. The van der Waals surface area contributed by atoms with Gasteiger partial charge in [0.15, 0.2) is 0 Å². The van der Waals surface area contributed by atoms with Crippen LogP contribution < -0.4 is 15.5 Å². The highest BCUT2D eigenvalue weighted by Crippen LogP contribution is 2.33. The van der Waals surface area contributed by atoms with Gasteiger partial charge in [-0.05, 0) is 47.9 Å². The molecule has 1 unspecified atom stereocenters. The van der Waals surface area contributed by atoms with Crippen molar-refractivity contribution in [3.05, 3.63) is 41.0 Å². The maximum atomic E-state index is 14.1. The van der Waals surface area contributed by atoms with Gasteiger partial charge in [0.25, 0.3) is 10.0 Å². The van der Waals surface area contributed by atoms with E-state index >= 15 is 0 Å². The molecule has 0 saturated carbocycles. The van der Waals surface area contributed by atoms with Gasteiger partial charge in [-0.15, -0.1) is 0 Å². The lowest BCUT2D eigenvalue weighted by molar-refractivity contribution is 0.135. The van der Waals surface area contributed by atoms with Crippen LogP contribution in [0, 0.1) is 5.82 Å². The molecule has 0 spiro atoms. The van der Waals surface area contributed by atoms with Crippen LogP contribution in [0.4, 0.5) is 19.7 Å². The zero-order chi connectivity index (χ0) is 25.4. The van der Waals surface area contributed by atoms with Gasteiger partial charge in [-0.25, -0.2) is 27.1 Å². The maximum Gasteiger partial charge on any atom is 0.408 e. The van der Waals surface area contributed by atoms with Gasteiger partial charge in [0.2, 0.25) is 0 Å². The molecule has 2 heterocycles. The number of rotatable bonds is 6. The first-order chi connectivity index (χ1) is 15.8. The molecule has 186 valence electrons. The number of carbonyl (C=O) groups is 2. The third kappa shape index (κ3) is 5.08. The zero-order valence-corrected chi connectivity index (χ0v) is 20.4. The second-order valence-electron chi connectivity index (χ2n) is 8.77. The van der Waals surface area contributed by atoms with Gasteiger partial charge < -0.3 is 10.4 Å². The van der Waals surface area contributed by atoms with Crippen molar-refractivity contribution in [3.63, 3.8) is 0 Å². The summed E-state index contributed by atoms with van der Waals surface area (Å²) in [5, 5.41) is 15.7. The SMILES string of the molecule is CC(C)c1cc(F)cc(C(C)C)c1NC(=O)NS(=O)(=O)c1cnn2c1CCC(N(C)C(=O)O)N2. The summed E-state index contributed by atoms with van der Waals surface area (Å²) in [6, 6.07) is 1.67. The van der Waals surface area contributed by atoms with E-state index in [4.69, 9.17) is 5.11 Å². The fourth-order valence-electron chi connectivity index (χ4n) is 3.84. The van der Waals surface area contributed by atoms with Gasteiger partial charge >= 0.3 is 12.1 Å². The lowest BCUT2D eigenvalue weighted by atomic mass is 9.92. The summed E-state index contributed by atoms with van der Waals surface area (Å²) in [6.07, 6.45) is -0.0901. The largest absolute Gasteiger partial charge is 0.465 e. The monoisotopic (exact) mass is 496 g/mol. The Kier molecular flexibility index (Phi) is 7.05. The quantitative estimate of drug-likeness (QED) is 0.480. The van der Waals surface area contributed by atoms with Crippen molar-refractivity contribution in [2.24, 2.45) is 0 Å². The molecule has 3 amide bonds. The number of sulfonamides is 1. The number of carboxylic acid groups (broad SMARTS) is 1. The highest BCUT2D eigenvalue weighted by Gasteiger charge is 2.31. The molecule has 4 N–H and O–H groups in total. The molecule has 0 radical (unpaired) electrons. The standard InChI is InChI=1S/C21H29FN6O5S/c1-11(2)14-8-13(22)9-15(12(3)4)19(14)24-20(29)26-34(32,33)17-10-23-28-16(17)6-7-18(25-28)27(5)21(30)31/h8-12,18,25H,6-7H2,1-5H3,(H,30,31)(H2,24,26,29). The van der Waals surface area contributed by atoms with E-state index in [0.717, 1.165) is 11.1 Å². The number of anilines is 1. The van der Waals surface area contributed by atoms with Gasteiger partial charge in [-0.2, -0.15) is 9.89 Å². The van der Waals surface area contributed by atoms with Crippen molar-refractivity contribution in [2.45, 2.75) is 63.4 Å². The summed E-state index contributed by atoms with van der Waals surface area (Å²) in [7, 11) is -2.90. The van der Waals surface area contributed by atoms with Gasteiger partial charge in [-0.3, -0.25) is 10.3 Å². The van der Waals surface area contributed by atoms with E-state index in [0.29, 0.717) is 28.9 Å².